The first-order valence-electron chi connectivity index (χ1n) is 7.14. The molecular formula is C20H13ClO2. The minimum Gasteiger partial charge on any atom is -0.290 e. The maximum atomic E-state index is 10.3. The molecule has 0 aromatic heterocycles. The van der Waals surface area contributed by atoms with Gasteiger partial charge in [0.1, 0.15) is 0 Å². The number of rotatable bonds is 0. The fourth-order valence-corrected chi connectivity index (χ4v) is 2.60. The number of carbonyl (C=O) groups is 2. The Labute approximate surface area is 138 Å². The molecule has 0 N–H and O–H groups in total. The third-order valence-corrected chi connectivity index (χ3v) is 3.85. The number of benzene rings is 3. The van der Waals surface area contributed by atoms with Crippen molar-refractivity contribution in [3.63, 3.8) is 0 Å². The maximum absolute atomic E-state index is 10.3. The van der Waals surface area contributed by atoms with E-state index in [0.717, 1.165) is 10.4 Å². The molecule has 0 amide bonds. The Morgan fingerprint density at radius 3 is 1.74 bits per heavy atom. The van der Waals surface area contributed by atoms with E-state index in [2.05, 4.69) is 36.4 Å². The number of hydrogen-bond acceptors (Lipinski definition) is 2. The van der Waals surface area contributed by atoms with Crippen LogP contribution in [0.15, 0.2) is 78.9 Å². The number of hydrogen-bond donors (Lipinski definition) is 0. The molecule has 3 aromatic carbocycles. The SMILES string of the molecule is Clc1cccc2cc3ccccc3cc12.O=C1C=CC(=O)C=C1. The molecule has 3 aromatic rings. The quantitative estimate of drug-likeness (QED) is 0.436. The second-order valence-corrected chi connectivity index (χ2v) is 5.54. The standard InChI is InChI=1S/C14H9Cl.C6H4O2/c15-14-7-3-6-12-8-10-4-1-2-5-11(10)9-13(12)14;7-5-1-2-6(8)4-3-5/h1-9H;1-4H. The van der Waals surface area contributed by atoms with Gasteiger partial charge in [-0.25, -0.2) is 0 Å². The molecule has 1 aliphatic rings. The highest BCUT2D eigenvalue weighted by molar-refractivity contribution is 6.35. The van der Waals surface area contributed by atoms with E-state index in [9.17, 15) is 9.59 Å². The van der Waals surface area contributed by atoms with E-state index < -0.39 is 0 Å². The van der Waals surface area contributed by atoms with Crippen LogP contribution in [-0.4, -0.2) is 11.6 Å². The van der Waals surface area contributed by atoms with E-state index in [1.54, 1.807) is 0 Å². The van der Waals surface area contributed by atoms with Crippen LogP contribution in [0.2, 0.25) is 5.02 Å². The van der Waals surface area contributed by atoms with Gasteiger partial charge in [-0.15, -0.1) is 0 Å². The van der Waals surface area contributed by atoms with Gasteiger partial charge in [-0.3, -0.25) is 9.59 Å². The van der Waals surface area contributed by atoms with Crippen molar-refractivity contribution in [2.75, 3.05) is 0 Å². The second-order valence-electron chi connectivity index (χ2n) is 5.13. The number of allylic oxidation sites excluding steroid dienone is 4. The summed E-state index contributed by atoms with van der Waals surface area (Å²) in [4.78, 5) is 20.6. The first-order chi connectivity index (χ1) is 11.1. The van der Waals surface area contributed by atoms with Gasteiger partial charge in [0.2, 0.25) is 0 Å². The van der Waals surface area contributed by atoms with E-state index in [-0.39, 0.29) is 11.6 Å². The van der Waals surface area contributed by atoms with Crippen LogP contribution in [0, 0.1) is 0 Å². The van der Waals surface area contributed by atoms with Gasteiger partial charge in [-0.1, -0.05) is 48.0 Å². The molecule has 0 atom stereocenters. The van der Waals surface area contributed by atoms with Gasteiger partial charge >= 0.3 is 0 Å². The Hall–Kier alpha value is -2.71. The molecule has 0 saturated heterocycles. The fraction of sp³-hybridized carbons (Fsp3) is 0. The highest BCUT2D eigenvalue weighted by Gasteiger charge is 2.00. The Morgan fingerprint density at radius 1 is 0.609 bits per heavy atom. The van der Waals surface area contributed by atoms with Crippen LogP contribution in [0.3, 0.4) is 0 Å². The van der Waals surface area contributed by atoms with E-state index in [1.165, 1.54) is 40.5 Å². The Morgan fingerprint density at radius 2 is 1.13 bits per heavy atom. The highest BCUT2D eigenvalue weighted by atomic mass is 35.5. The van der Waals surface area contributed by atoms with Gasteiger partial charge in [0.25, 0.3) is 0 Å². The highest BCUT2D eigenvalue weighted by Crippen LogP contribution is 2.27. The normalized spacial score (nSPS) is 13.3. The minimum absolute atomic E-state index is 0.121. The van der Waals surface area contributed by atoms with Gasteiger partial charge in [0.05, 0.1) is 0 Å². The zero-order valence-electron chi connectivity index (χ0n) is 12.2. The number of fused-ring (bicyclic) bond motifs is 2. The summed E-state index contributed by atoms with van der Waals surface area (Å²) < 4.78 is 0. The first kappa shape index (κ1) is 15.2. The molecule has 23 heavy (non-hydrogen) atoms. The lowest BCUT2D eigenvalue weighted by molar-refractivity contribution is -0.113. The van der Waals surface area contributed by atoms with Crippen LogP contribution < -0.4 is 0 Å². The van der Waals surface area contributed by atoms with Crippen molar-refractivity contribution in [2.45, 2.75) is 0 Å². The first-order valence-corrected chi connectivity index (χ1v) is 7.52. The average molecular weight is 321 g/mol. The zero-order valence-corrected chi connectivity index (χ0v) is 13.0. The third-order valence-electron chi connectivity index (χ3n) is 3.52. The number of ketones is 2. The zero-order chi connectivity index (χ0) is 16.2. The summed E-state index contributed by atoms with van der Waals surface area (Å²) in [5.74, 6) is -0.241. The molecule has 0 spiro atoms. The predicted octanol–water partition coefficient (Wildman–Crippen LogP) is 4.90. The summed E-state index contributed by atoms with van der Waals surface area (Å²) >= 11 is 6.16. The monoisotopic (exact) mass is 320 g/mol. The Kier molecular flexibility index (Phi) is 4.35. The third kappa shape index (κ3) is 3.55. The molecule has 2 nitrogen and oxygen atoms in total. The van der Waals surface area contributed by atoms with Crippen LogP contribution in [0.4, 0.5) is 0 Å². The summed E-state index contributed by atoms with van der Waals surface area (Å²) in [7, 11) is 0. The molecule has 0 bridgehead atoms. The van der Waals surface area contributed by atoms with E-state index >= 15 is 0 Å². The molecule has 0 heterocycles. The molecule has 112 valence electrons. The summed E-state index contributed by atoms with van der Waals surface area (Å²) in [5, 5.41) is 5.63. The van der Waals surface area contributed by atoms with Crippen LogP contribution >= 0.6 is 11.6 Å². The molecule has 0 fully saturated rings. The predicted molar refractivity (Wildman–Crippen MR) is 94.8 cm³/mol. The second kappa shape index (κ2) is 6.59. The van der Waals surface area contributed by atoms with Gasteiger partial charge in [-0.2, -0.15) is 0 Å². The van der Waals surface area contributed by atoms with E-state index in [0.29, 0.717) is 0 Å². The molecule has 0 radical (unpaired) electrons. The smallest absolute Gasteiger partial charge is 0.178 e. The molecule has 0 unspecified atom stereocenters. The molecular weight excluding hydrogens is 308 g/mol. The van der Waals surface area contributed by atoms with Crippen LogP contribution in [-0.2, 0) is 9.59 Å². The average Bonchev–Trinajstić information content (AvgIpc) is 2.57. The summed E-state index contributed by atoms with van der Waals surface area (Å²) in [5.41, 5.74) is 0. The lowest BCUT2D eigenvalue weighted by Gasteiger charge is -2.03. The van der Waals surface area contributed by atoms with Crippen molar-refractivity contribution < 1.29 is 9.59 Å². The Balaban J connectivity index is 0.000000166. The van der Waals surface area contributed by atoms with Crippen LogP contribution in [0.5, 0.6) is 0 Å². The largest absolute Gasteiger partial charge is 0.290 e. The van der Waals surface area contributed by atoms with Crippen molar-refractivity contribution in [1.29, 1.82) is 0 Å². The lowest BCUT2D eigenvalue weighted by Crippen LogP contribution is -1.97. The molecule has 0 aliphatic heterocycles. The van der Waals surface area contributed by atoms with E-state index in [1.807, 2.05) is 18.2 Å². The topological polar surface area (TPSA) is 34.1 Å². The van der Waals surface area contributed by atoms with Crippen molar-refractivity contribution in [3.8, 4) is 0 Å². The minimum atomic E-state index is -0.121. The van der Waals surface area contributed by atoms with Crippen LogP contribution in [0.1, 0.15) is 0 Å². The molecule has 4 rings (SSSR count). The number of halogens is 1. The van der Waals surface area contributed by atoms with Gasteiger partial charge in [0.15, 0.2) is 11.6 Å². The summed E-state index contributed by atoms with van der Waals surface area (Å²) in [6.07, 6.45) is 5.01. The Bertz CT molecular complexity index is 930. The van der Waals surface area contributed by atoms with E-state index in [4.69, 9.17) is 11.6 Å². The van der Waals surface area contributed by atoms with Gasteiger partial charge in [0, 0.05) is 10.4 Å². The van der Waals surface area contributed by atoms with Gasteiger partial charge in [-0.05, 0) is 58.7 Å². The number of carbonyl (C=O) groups excluding carboxylic acids is 2. The van der Waals surface area contributed by atoms with Crippen molar-refractivity contribution in [3.05, 3.63) is 83.9 Å². The van der Waals surface area contributed by atoms with Crippen molar-refractivity contribution in [2.24, 2.45) is 0 Å². The van der Waals surface area contributed by atoms with Crippen LogP contribution in [0.25, 0.3) is 21.5 Å². The summed E-state index contributed by atoms with van der Waals surface area (Å²) in [6, 6.07) is 18.7. The molecule has 1 aliphatic carbocycles. The van der Waals surface area contributed by atoms with Gasteiger partial charge < -0.3 is 0 Å². The van der Waals surface area contributed by atoms with Crippen molar-refractivity contribution in [1.82, 2.24) is 0 Å². The maximum Gasteiger partial charge on any atom is 0.178 e. The summed E-state index contributed by atoms with van der Waals surface area (Å²) in [6.45, 7) is 0. The molecule has 3 heteroatoms. The van der Waals surface area contributed by atoms with Crippen molar-refractivity contribution >= 4 is 44.7 Å². The fourth-order valence-electron chi connectivity index (χ4n) is 2.37. The lowest BCUT2D eigenvalue weighted by atomic mass is 10.0. The molecule has 0 saturated carbocycles.